The second-order valence-electron chi connectivity index (χ2n) is 6.35. The van der Waals surface area contributed by atoms with E-state index in [-0.39, 0.29) is 5.91 Å². The number of nitrogens with one attached hydrogen (secondary N) is 1. The van der Waals surface area contributed by atoms with Gasteiger partial charge in [-0.05, 0) is 68.4 Å². The van der Waals surface area contributed by atoms with Gasteiger partial charge in [-0.3, -0.25) is 4.79 Å². The zero-order valence-corrected chi connectivity index (χ0v) is 15.4. The van der Waals surface area contributed by atoms with Crippen molar-refractivity contribution in [1.82, 2.24) is 0 Å². The standard InChI is InChI=1S/C20H23NO3S/c1-3-14-8-10-16(11-9-14)21-19(22)13(2)24-20(23)18-12-15-6-4-5-7-17(15)25-18/h8-13H,3-7H2,1-2H3,(H,21,22)/t13-/m0/s1. The van der Waals surface area contributed by atoms with Crippen molar-refractivity contribution < 1.29 is 14.3 Å². The third-order valence-corrected chi connectivity index (χ3v) is 5.70. The second kappa shape index (κ2) is 7.83. The molecule has 2 aromatic rings. The molecule has 1 aromatic heterocycles. The number of ether oxygens (including phenoxy) is 1. The van der Waals surface area contributed by atoms with Crippen molar-refractivity contribution in [3.8, 4) is 0 Å². The smallest absolute Gasteiger partial charge is 0.349 e. The number of anilines is 1. The van der Waals surface area contributed by atoms with Crippen molar-refractivity contribution in [3.05, 3.63) is 51.2 Å². The van der Waals surface area contributed by atoms with Gasteiger partial charge in [-0.25, -0.2) is 4.79 Å². The average Bonchev–Trinajstić information content (AvgIpc) is 3.06. The maximum Gasteiger partial charge on any atom is 0.349 e. The van der Waals surface area contributed by atoms with Crippen molar-refractivity contribution in [2.24, 2.45) is 0 Å². The highest BCUT2D eigenvalue weighted by Gasteiger charge is 2.22. The van der Waals surface area contributed by atoms with Crippen LogP contribution in [0.1, 0.15) is 52.4 Å². The number of benzene rings is 1. The normalized spacial score (nSPS) is 14.5. The van der Waals surface area contributed by atoms with E-state index in [2.05, 4.69) is 12.2 Å². The SMILES string of the molecule is CCc1ccc(NC(=O)[C@H](C)OC(=O)c2cc3c(s2)CCCC3)cc1. The Morgan fingerprint density at radius 3 is 2.60 bits per heavy atom. The van der Waals surface area contributed by atoms with Crippen molar-refractivity contribution >= 4 is 28.9 Å². The molecule has 4 nitrogen and oxygen atoms in total. The van der Waals surface area contributed by atoms with E-state index in [4.69, 9.17) is 4.74 Å². The molecule has 0 spiro atoms. The predicted octanol–water partition coefficient (Wildman–Crippen LogP) is 4.37. The van der Waals surface area contributed by atoms with E-state index < -0.39 is 12.1 Å². The molecule has 0 saturated carbocycles. The van der Waals surface area contributed by atoms with Crippen LogP contribution in [0.15, 0.2) is 30.3 Å². The lowest BCUT2D eigenvalue weighted by Crippen LogP contribution is -2.29. The Hall–Kier alpha value is -2.14. The lowest BCUT2D eigenvalue weighted by atomic mass is 9.99. The summed E-state index contributed by atoms with van der Waals surface area (Å²) >= 11 is 1.50. The average molecular weight is 357 g/mol. The molecular weight excluding hydrogens is 334 g/mol. The number of carbonyl (C=O) groups is 2. The van der Waals surface area contributed by atoms with Crippen LogP contribution >= 0.6 is 11.3 Å². The van der Waals surface area contributed by atoms with Gasteiger partial charge in [0.15, 0.2) is 6.10 Å². The van der Waals surface area contributed by atoms with Gasteiger partial charge in [0, 0.05) is 10.6 Å². The number of amides is 1. The van der Waals surface area contributed by atoms with E-state index in [0.717, 1.165) is 19.3 Å². The minimum absolute atomic E-state index is 0.320. The summed E-state index contributed by atoms with van der Waals surface area (Å²) in [5.74, 6) is -0.734. The summed E-state index contributed by atoms with van der Waals surface area (Å²) in [4.78, 5) is 26.4. The molecule has 1 N–H and O–H groups in total. The molecule has 132 valence electrons. The lowest BCUT2D eigenvalue weighted by molar-refractivity contribution is -0.123. The molecule has 1 heterocycles. The van der Waals surface area contributed by atoms with Crippen LogP contribution in [0.3, 0.4) is 0 Å². The molecule has 0 unspecified atom stereocenters. The number of hydrogen-bond acceptors (Lipinski definition) is 4. The highest BCUT2D eigenvalue weighted by molar-refractivity contribution is 7.14. The summed E-state index contributed by atoms with van der Waals surface area (Å²) in [6, 6.07) is 9.59. The van der Waals surface area contributed by atoms with E-state index in [9.17, 15) is 9.59 Å². The maximum atomic E-state index is 12.3. The van der Waals surface area contributed by atoms with Crippen LogP contribution in [0.4, 0.5) is 5.69 Å². The van der Waals surface area contributed by atoms with Crippen LogP contribution in [0.25, 0.3) is 0 Å². The molecule has 1 aromatic carbocycles. The molecule has 25 heavy (non-hydrogen) atoms. The molecule has 5 heteroatoms. The van der Waals surface area contributed by atoms with Crippen molar-refractivity contribution in [1.29, 1.82) is 0 Å². The molecule has 1 atom stereocenters. The van der Waals surface area contributed by atoms with E-state index in [1.54, 1.807) is 6.92 Å². The monoisotopic (exact) mass is 357 g/mol. The van der Waals surface area contributed by atoms with Crippen molar-refractivity contribution in [2.75, 3.05) is 5.32 Å². The first kappa shape index (κ1) is 17.7. The van der Waals surface area contributed by atoms with Crippen LogP contribution < -0.4 is 5.32 Å². The molecule has 0 fully saturated rings. The van der Waals surface area contributed by atoms with Gasteiger partial charge in [0.25, 0.3) is 5.91 Å². The van der Waals surface area contributed by atoms with Gasteiger partial charge in [-0.15, -0.1) is 11.3 Å². The van der Waals surface area contributed by atoms with E-state index >= 15 is 0 Å². The van der Waals surface area contributed by atoms with Crippen LogP contribution in [-0.4, -0.2) is 18.0 Å². The molecule has 0 aliphatic heterocycles. The molecule has 0 saturated heterocycles. The van der Waals surface area contributed by atoms with Gasteiger partial charge < -0.3 is 10.1 Å². The summed E-state index contributed by atoms with van der Waals surface area (Å²) in [7, 11) is 0. The molecule has 0 radical (unpaired) electrons. The van der Waals surface area contributed by atoms with Crippen LogP contribution in [0.5, 0.6) is 0 Å². The highest BCUT2D eigenvalue weighted by Crippen LogP contribution is 2.30. The third kappa shape index (κ3) is 4.28. The number of esters is 1. The third-order valence-electron chi connectivity index (χ3n) is 4.48. The fourth-order valence-corrected chi connectivity index (χ4v) is 4.07. The number of thiophene rings is 1. The fraction of sp³-hybridized carbons (Fsp3) is 0.400. The quantitative estimate of drug-likeness (QED) is 0.808. The Labute approximate surface area is 152 Å². The van der Waals surface area contributed by atoms with Crippen molar-refractivity contribution in [3.63, 3.8) is 0 Å². The summed E-state index contributed by atoms with van der Waals surface area (Å²) in [5, 5.41) is 2.79. The Balaban J connectivity index is 1.58. The minimum Gasteiger partial charge on any atom is -0.448 e. The van der Waals surface area contributed by atoms with E-state index in [0.29, 0.717) is 10.6 Å². The summed E-state index contributed by atoms with van der Waals surface area (Å²) in [5.41, 5.74) is 3.17. The largest absolute Gasteiger partial charge is 0.448 e. The van der Waals surface area contributed by atoms with Gasteiger partial charge in [-0.2, -0.15) is 0 Å². The topological polar surface area (TPSA) is 55.4 Å². The first-order valence-corrected chi connectivity index (χ1v) is 9.61. The molecule has 3 rings (SSSR count). The van der Waals surface area contributed by atoms with Crippen LogP contribution in [0, 0.1) is 0 Å². The van der Waals surface area contributed by atoms with E-state index in [1.165, 1.54) is 40.2 Å². The summed E-state index contributed by atoms with van der Waals surface area (Å²) in [6.45, 7) is 3.68. The van der Waals surface area contributed by atoms with Gasteiger partial charge in [0.1, 0.15) is 4.88 Å². The van der Waals surface area contributed by atoms with Gasteiger partial charge in [0.2, 0.25) is 0 Å². The van der Waals surface area contributed by atoms with Crippen LogP contribution in [0.2, 0.25) is 0 Å². The minimum atomic E-state index is -0.836. The van der Waals surface area contributed by atoms with Crippen molar-refractivity contribution in [2.45, 2.75) is 52.1 Å². The fourth-order valence-electron chi connectivity index (χ4n) is 2.93. The zero-order valence-electron chi connectivity index (χ0n) is 14.6. The van der Waals surface area contributed by atoms with Gasteiger partial charge >= 0.3 is 5.97 Å². The van der Waals surface area contributed by atoms with Crippen LogP contribution in [-0.2, 0) is 28.8 Å². The Bertz CT molecular complexity index is 740. The Kier molecular flexibility index (Phi) is 5.53. The number of fused-ring (bicyclic) bond motifs is 1. The molecule has 0 bridgehead atoms. The second-order valence-corrected chi connectivity index (χ2v) is 7.49. The molecular formula is C20H23NO3S. The molecule has 1 aliphatic carbocycles. The number of aryl methyl sites for hydroxylation is 3. The number of hydrogen-bond donors (Lipinski definition) is 1. The first-order valence-electron chi connectivity index (χ1n) is 8.79. The summed E-state index contributed by atoms with van der Waals surface area (Å²) in [6.07, 6.45) is 4.54. The summed E-state index contributed by atoms with van der Waals surface area (Å²) < 4.78 is 5.35. The number of rotatable bonds is 5. The Morgan fingerprint density at radius 2 is 1.92 bits per heavy atom. The van der Waals surface area contributed by atoms with Gasteiger partial charge in [0.05, 0.1) is 0 Å². The molecule has 1 aliphatic rings. The zero-order chi connectivity index (χ0) is 17.8. The first-order chi connectivity index (χ1) is 12.1. The molecule has 1 amide bonds. The maximum absolute atomic E-state index is 12.3. The Morgan fingerprint density at radius 1 is 1.20 bits per heavy atom. The van der Waals surface area contributed by atoms with Gasteiger partial charge in [-0.1, -0.05) is 19.1 Å². The lowest BCUT2D eigenvalue weighted by Gasteiger charge is -2.13. The highest BCUT2D eigenvalue weighted by atomic mass is 32.1. The predicted molar refractivity (Wildman–Crippen MR) is 100 cm³/mol. The number of carbonyl (C=O) groups excluding carboxylic acids is 2. The van der Waals surface area contributed by atoms with E-state index in [1.807, 2.05) is 30.3 Å².